The molecule has 0 aromatic heterocycles. The number of quaternary nitrogens is 1. The number of hydrogen-bond donors (Lipinski definition) is 2. The Labute approximate surface area is 159 Å². The molecule has 0 spiro atoms. The third-order valence-electron chi connectivity index (χ3n) is 4.86. The topological polar surface area (TPSA) is 80.2 Å². The predicted octanol–water partition coefficient (Wildman–Crippen LogP) is -0.231. The Balaban J connectivity index is 1.69. The Morgan fingerprint density at radius 3 is 2.62 bits per heavy atom. The second kappa shape index (κ2) is 8.67. The number of nitrogens with zero attached hydrogens (tertiary/aromatic N) is 1. The minimum atomic E-state index is -3.75. The zero-order valence-electron chi connectivity index (χ0n) is 14.7. The fraction of sp³-hybridized carbons (Fsp3) is 0.588. The van der Waals surface area contributed by atoms with Crippen molar-refractivity contribution in [2.45, 2.75) is 17.7 Å². The molecule has 9 heteroatoms. The number of rotatable bonds is 6. The van der Waals surface area contributed by atoms with Crippen molar-refractivity contribution in [2.24, 2.45) is 0 Å². The molecule has 0 aliphatic carbocycles. The fourth-order valence-corrected chi connectivity index (χ4v) is 5.26. The summed E-state index contributed by atoms with van der Waals surface area (Å²) in [6.07, 6.45) is 2.48. The molecule has 7 nitrogen and oxygen atoms in total. The van der Waals surface area contributed by atoms with E-state index in [1.807, 2.05) is 0 Å². The highest BCUT2D eigenvalue weighted by molar-refractivity contribution is 7.89. The van der Waals surface area contributed by atoms with E-state index >= 15 is 0 Å². The molecule has 2 aliphatic heterocycles. The average Bonchev–Trinajstić information content (AvgIpc) is 3.16. The molecular weight excluding hydrogens is 378 g/mol. The molecule has 1 aromatic carbocycles. The molecule has 0 saturated carbocycles. The molecule has 0 bridgehead atoms. The minimum absolute atomic E-state index is 0.0288. The maximum Gasteiger partial charge on any atom is 0.251 e. The van der Waals surface area contributed by atoms with Crippen molar-refractivity contribution in [3.05, 3.63) is 28.8 Å². The highest BCUT2D eigenvalue weighted by Gasteiger charge is 2.29. The van der Waals surface area contributed by atoms with E-state index in [0.717, 1.165) is 19.6 Å². The van der Waals surface area contributed by atoms with Gasteiger partial charge in [0.1, 0.15) is 4.90 Å². The second-order valence-electron chi connectivity index (χ2n) is 6.62. The number of benzene rings is 1. The first-order valence-electron chi connectivity index (χ1n) is 8.98. The van der Waals surface area contributed by atoms with Crippen LogP contribution in [0.1, 0.15) is 23.2 Å². The molecule has 1 amide bonds. The lowest BCUT2D eigenvalue weighted by molar-refractivity contribution is -0.886. The van der Waals surface area contributed by atoms with Crippen LogP contribution in [0.4, 0.5) is 0 Å². The van der Waals surface area contributed by atoms with Crippen LogP contribution < -0.4 is 10.2 Å². The van der Waals surface area contributed by atoms with Crippen molar-refractivity contribution >= 4 is 27.5 Å². The predicted molar refractivity (Wildman–Crippen MR) is 98.2 cm³/mol. The maximum atomic E-state index is 12.8. The Bertz CT molecular complexity index is 744. The molecule has 2 saturated heterocycles. The van der Waals surface area contributed by atoms with Gasteiger partial charge in [0.2, 0.25) is 10.0 Å². The van der Waals surface area contributed by atoms with Gasteiger partial charge < -0.3 is 15.0 Å². The van der Waals surface area contributed by atoms with Gasteiger partial charge in [-0.15, -0.1) is 0 Å². The molecule has 2 N–H and O–H groups in total. The van der Waals surface area contributed by atoms with Crippen molar-refractivity contribution < 1.29 is 22.8 Å². The molecule has 144 valence electrons. The van der Waals surface area contributed by atoms with Crippen LogP contribution in [-0.2, 0) is 14.8 Å². The van der Waals surface area contributed by atoms with E-state index in [1.165, 1.54) is 34.2 Å². The van der Waals surface area contributed by atoms with E-state index in [-0.39, 0.29) is 28.9 Å². The molecule has 2 heterocycles. The Morgan fingerprint density at radius 2 is 1.92 bits per heavy atom. The summed E-state index contributed by atoms with van der Waals surface area (Å²) >= 11 is 6.12. The van der Waals surface area contributed by atoms with Crippen molar-refractivity contribution in [1.29, 1.82) is 0 Å². The van der Waals surface area contributed by atoms with Gasteiger partial charge in [0, 0.05) is 31.5 Å². The number of amides is 1. The number of ether oxygens (including phenoxy) is 1. The van der Waals surface area contributed by atoms with Gasteiger partial charge in [0.15, 0.2) is 0 Å². The van der Waals surface area contributed by atoms with Gasteiger partial charge in [-0.05, 0) is 18.2 Å². The Morgan fingerprint density at radius 1 is 1.23 bits per heavy atom. The van der Waals surface area contributed by atoms with Gasteiger partial charge in [0.25, 0.3) is 5.91 Å². The highest BCUT2D eigenvalue weighted by Crippen LogP contribution is 2.26. The summed E-state index contributed by atoms with van der Waals surface area (Å²) in [7, 11) is -3.75. The quantitative estimate of drug-likeness (QED) is 0.688. The van der Waals surface area contributed by atoms with Gasteiger partial charge in [-0.2, -0.15) is 4.31 Å². The average molecular weight is 403 g/mol. The van der Waals surface area contributed by atoms with Gasteiger partial charge in [-0.1, -0.05) is 11.6 Å². The zero-order chi connectivity index (χ0) is 18.6. The molecule has 0 unspecified atom stereocenters. The summed E-state index contributed by atoms with van der Waals surface area (Å²) in [5, 5.41) is 2.99. The van der Waals surface area contributed by atoms with Crippen LogP contribution in [0, 0.1) is 0 Å². The monoisotopic (exact) mass is 402 g/mol. The van der Waals surface area contributed by atoms with Crippen LogP contribution in [0.15, 0.2) is 23.1 Å². The lowest BCUT2D eigenvalue weighted by atomic mass is 10.2. The van der Waals surface area contributed by atoms with E-state index in [2.05, 4.69) is 5.32 Å². The highest BCUT2D eigenvalue weighted by atomic mass is 35.5. The first kappa shape index (κ1) is 19.6. The summed E-state index contributed by atoms with van der Waals surface area (Å²) < 4.78 is 32.2. The number of carbonyl (C=O) groups excluding carboxylic acids is 1. The maximum absolute atomic E-state index is 12.8. The first-order valence-corrected chi connectivity index (χ1v) is 10.8. The number of morpholine rings is 1. The van der Waals surface area contributed by atoms with E-state index in [0.29, 0.717) is 25.3 Å². The van der Waals surface area contributed by atoms with Crippen LogP contribution >= 0.6 is 11.6 Å². The van der Waals surface area contributed by atoms with Gasteiger partial charge in [-0.25, -0.2) is 8.42 Å². The van der Waals surface area contributed by atoms with Crippen LogP contribution in [0.3, 0.4) is 0 Å². The molecule has 0 atom stereocenters. The number of halogens is 1. The van der Waals surface area contributed by atoms with Crippen LogP contribution in [0.2, 0.25) is 5.02 Å². The molecular formula is C17H25ClN3O4S+. The second-order valence-corrected chi connectivity index (χ2v) is 8.94. The largest absolute Gasteiger partial charge is 0.379 e. The van der Waals surface area contributed by atoms with Crippen molar-refractivity contribution in [3.63, 3.8) is 0 Å². The number of sulfonamides is 1. The molecule has 2 aliphatic rings. The molecule has 26 heavy (non-hydrogen) atoms. The van der Waals surface area contributed by atoms with Gasteiger partial charge in [0.05, 0.1) is 44.4 Å². The van der Waals surface area contributed by atoms with Crippen LogP contribution in [0.5, 0.6) is 0 Å². The van der Waals surface area contributed by atoms with E-state index in [1.54, 1.807) is 6.07 Å². The fourth-order valence-electron chi connectivity index (χ4n) is 3.35. The van der Waals surface area contributed by atoms with Crippen molar-refractivity contribution in [2.75, 3.05) is 52.5 Å². The third-order valence-corrected chi connectivity index (χ3v) is 7.24. The minimum Gasteiger partial charge on any atom is -0.379 e. The zero-order valence-corrected chi connectivity index (χ0v) is 16.2. The Hall–Kier alpha value is -1.19. The standard InChI is InChI=1S/C17H24ClN3O4S/c18-15-4-3-14(17(22)19-5-8-20-6-1-2-7-20)13-16(15)26(23,24)21-9-11-25-12-10-21/h3-4,13H,1-2,5-12H2,(H,19,22)/p+1. The Kier molecular flexibility index (Phi) is 6.52. The molecule has 0 radical (unpaired) electrons. The first-order chi connectivity index (χ1) is 12.5. The van der Waals surface area contributed by atoms with E-state index < -0.39 is 10.0 Å². The summed E-state index contributed by atoms with van der Waals surface area (Å²) in [4.78, 5) is 13.9. The third kappa shape index (κ3) is 4.55. The summed E-state index contributed by atoms with van der Waals surface area (Å²) in [5.74, 6) is -0.279. The van der Waals surface area contributed by atoms with E-state index in [9.17, 15) is 13.2 Å². The van der Waals surface area contributed by atoms with E-state index in [4.69, 9.17) is 16.3 Å². The molecule has 2 fully saturated rings. The number of nitrogens with one attached hydrogen (secondary N) is 2. The SMILES string of the molecule is O=C(NCC[NH+]1CCCC1)c1ccc(Cl)c(S(=O)(=O)N2CCOCC2)c1. The molecule has 1 aromatic rings. The summed E-state index contributed by atoms with van der Waals surface area (Å²) in [6.45, 7) is 5.05. The lowest BCUT2D eigenvalue weighted by Crippen LogP contribution is -3.10. The smallest absolute Gasteiger partial charge is 0.251 e. The van der Waals surface area contributed by atoms with Crippen molar-refractivity contribution in [1.82, 2.24) is 9.62 Å². The number of likely N-dealkylation sites (tertiary alicyclic amines) is 1. The summed E-state index contributed by atoms with van der Waals surface area (Å²) in [6, 6.07) is 4.39. The number of hydrogen-bond acceptors (Lipinski definition) is 4. The summed E-state index contributed by atoms with van der Waals surface area (Å²) in [5.41, 5.74) is 0.303. The van der Waals surface area contributed by atoms with Crippen molar-refractivity contribution in [3.8, 4) is 0 Å². The normalized spacial score (nSPS) is 19.6. The van der Waals surface area contributed by atoms with Gasteiger partial charge in [-0.3, -0.25) is 4.79 Å². The van der Waals surface area contributed by atoms with Crippen LogP contribution in [-0.4, -0.2) is 71.1 Å². The number of carbonyl (C=O) groups is 1. The molecule has 3 rings (SSSR count). The lowest BCUT2D eigenvalue weighted by Gasteiger charge is -2.26. The van der Waals surface area contributed by atoms with Crippen LogP contribution in [0.25, 0.3) is 0 Å². The van der Waals surface area contributed by atoms with Gasteiger partial charge >= 0.3 is 0 Å².